The minimum Gasteiger partial charge on any atom is -0.465 e. The lowest BCUT2D eigenvalue weighted by Gasteiger charge is -2.38. The zero-order chi connectivity index (χ0) is 31.6. The molecule has 4 N–H and O–H groups in total. The molecule has 45 heavy (non-hydrogen) atoms. The number of ether oxygens (including phenoxy) is 3. The van der Waals surface area contributed by atoms with Gasteiger partial charge in [-0.05, 0) is 54.1 Å². The van der Waals surface area contributed by atoms with Crippen LogP contribution in [0.5, 0.6) is 0 Å². The molecular weight excluding hydrogens is 574 g/mol. The van der Waals surface area contributed by atoms with Gasteiger partial charge in [0.2, 0.25) is 0 Å². The van der Waals surface area contributed by atoms with Gasteiger partial charge in [-0.3, -0.25) is 9.69 Å². The molecule has 2 aliphatic heterocycles. The van der Waals surface area contributed by atoms with E-state index in [0.717, 1.165) is 59.3 Å². The van der Waals surface area contributed by atoms with Crippen LogP contribution in [0.2, 0.25) is 0 Å². The Morgan fingerprint density at radius 3 is 2.44 bits per heavy atom. The Hall–Kier alpha value is -3.80. The summed E-state index contributed by atoms with van der Waals surface area (Å²) in [5, 5.41) is 24.7. The number of aliphatic hydroxyl groups is 2. The number of benzene rings is 3. The number of amides is 2. The van der Waals surface area contributed by atoms with Gasteiger partial charge in [-0.2, -0.15) is 0 Å². The van der Waals surface area contributed by atoms with Crippen LogP contribution in [0.15, 0.2) is 72.8 Å². The van der Waals surface area contributed by atoms with Crippen molar-refractivity contribution < 1.29 is 34.0 Å². The number of carbonyl (C=O) groups excluding carboxylic acids is 2. The van der Waals surface area contributed by atoms with Crippen LogP contribution in [-0.2, 0) is 32.2 Å². The lowest BCUT2D eigenvalue weighted by atomic mass is 9.97. The van der Waals surface area contributed by atoms with E-state index in [1.54, 1.807) is 6.92 Å². The number of aliphatic hydroxyl groups excluding tert-OH is 2. The van der Waals surface area contributed by atoms with E-state index < -0.39 is 18.3 Å². The third-order valence-electron chi connectivity index (χ3n) is 8.41. The van der Waals surface area contributed by atoms with E-state index in [1.807, 2.05) is 72.8 Å². The first-order valence-electron chi connectivity index (χ1n) is 15.7. The quantitative estimate of drug-likeness (QED) is 0.223. The van der Waals surface area contributed by atoms with Gasteiger partial charge in [0.1, 0.15) is 6.54 Å². The highest BCUT2D eigenvalue weighted by Gasteiger charge is 2.35. The molecule has 2 aliphatic rings. The van der Waals surface area contributed by atoms with Crippen molar-refractivity contribution >= 4 is 12.0 Å². The van der Waals surface area contributed by atoms with Crippen LogP contribution in [-0.4, -0.2) is 72.1 Å². The highest BCUT2D eigenvalue weighted by Crippen LogP contribution is 2.39. The molecule has 2 heterocycles. The zero-order valence-corrected chi connectivity index (χ0v) is 25.7. The first kappa shape index (κ1) is 32.6. The summed E-state index contributed by atoms with van der Waals surface area (Å²) in [6.07, 6.45) is 1.91. The fourth-order valence-electron chi connectivity index (χ4n) is 6.02. The second-order valence-corrected chi connectivity index (χ2v) is 11.4. The fraction of sp³-hybridized carbons (Fsp3) is 0.429. The number of nitrogens with zero attached hydrogens (tertiary/aromatic N) is 1. The van der Waals surface area contributed by atoms with Crippen molar-refractivity contribution in [2.24, 2.45) is 0 Å². The summed E-state index contributed by atoms with van der Waals surface area (Å²) in [5.74, 6) is -0.485. The first-order valence-corrected chi connectivity index (χ1v) is 15.7. The maximum atomic E-state index is 12.2. The van der Waals surface area contributed by atoms with Crippen LogP contribution >= 0.6 is 0 Å². The Morgan fingerprint density at radius 1 is 0.956 bits per heavy atom. The van der Waals surface area contributed by atoms with Crippen LogP contribution in [0.3, 0.4) is 0 Å². The van der Waals surface area contributed by atoms with Gasteiger partial charge < -0.3 is 35.1 Å². The zero-order valence-electron chi connectivity index (χ0n) is 25.7. The van der Waals surface area contributed by atoms with Crippen molar-refractivity contribution in [2.45, 2.75) is 63.9 Å². The molecule has 2 fully saturated rings. The lowest BCUT2D eigenvalue weighted by Crippen LogP contribution is -2.42. The molecule has 240 valence electrons. The Kier molecular flexibility index (Phi) is 11.6. The molecule has 10 nitrogen and oxygen atoms in total. The topological polar surface area (TPSA) is 130 Å². The number of esters is 1. The highest BCUT2D eigenvalue weighted by atomic mass is 16.7. The van der Waals surface area contributed by atoms with Crippen molar-refractivity contribution in [1.82, 2.24) is 15.5 Å². The molecule has 4 unspecified atom stereocenters. The van der Waals surface area contributed by atoms with Gasteiger partial charge in [0.25, 0.3) is 0 Å². The number of rotatable bonds is 12. The Labute approximate surface area is 264 Å². The summed E-state index contributed by atoms with van der Waals surface area (Å²) in [6.45, 7) is 3.88. The van der Waals surface area contributed by atoms with Gasteiger partial charge in [0.15, 0.2) is 6.29 Å². The molecule has 3 aromatic rings. The lowest BCUT2D eigenvalue weighted by molar-refractivity contribution is -0.253. The summed E-state index contributed by atoms with van der Waals surface area (Å²) >= 11 is 0. The smallest absolute Gasteiger partial charge is 0.325 e. The summed E-state index contributed by atoms with van der Waals surface area (Å²) in [5.41, 5.74) is 5.67. The number of carbonyl (C=O) groups is 2. The van der Waals surface area contributed by atoms with E-state index in [1.165, 1.54) is 0 Å². The van der Waals surface area contributed by atoms with Gasteiger partial charge in [0, 0.05) is 31.1 Å². The molecule has 0 radical (unpaired) electrons. The summed E-state index contributed by atoms with van der Waals surface area (Å²) in [6, 6.07) is 23.5. The SMILES string of the molecule is CCOC(=O)CNC(=O)NCc1ccccc1-c1ccc(C2OC(CN3CCCC3CO)CC(c3ccc(CO)cc3)O2)cc1. The average Bonchev–Trinajstić information content (AvgIpc) is 3.53. The van der Waals surface area contributed by atoms with E-state index in [2.05, 4.69) is 15.5 Å². The molecule has 0 spiro atoms. The molecule has 2 amide bonds. The number of nitrogens with one attached hydrogen (secondary N) is 2. The van der Waals surface area contributed by atoms with Crippen LogP contribution in [0.25, 0.3) is 11.1 Å². The molecular formula is C35H43N3O7. The van der Waals surface area contributed by atoms with Crippen molar-refractivity contribution in [1.29, 1.82) is 0 Å². The Bertz CT molecular complexity index is 1400. The van der Waals surface area contributed by atoms with Crippen molar-refractivity contribution in [3.8, 4) is 11.1 Å². The predicted molar refractivity (Wildman–Crippen MR) is 169 cm³/mol. The van der Waals surface area contributed by atoms with Crippen LogP contribution in [0, 0.1) is 0 Å². The second-order valence-electron chi connectivity index (χ2n) is 11.4. The van der Waals surface area contributed by atoms with E-state index in [-0.39, 0.29) is 51.2 Å². The molecule has 0 aliphatic carbocycles. The normalized spacial score (nSPS) is 21.8. The molecule has 0 saturated carbocycles. The first-order chi connectivity index (χ1) is 22.0. The third-order valence-corrected chi connectivity index (χ3v) is 8.41. The largest absolute Gasteiger partial charge is 0.465 e. The molecule has 0 aromatic heterocycles. The van der Waals surface area contributed by atoms with Crippen LogP contribution in [0.4, 0.5) is 4.79 Å². The number of urea groups is 1. The predicted octanol–water partition coefficient (Wildman–Crippen LogP) is 4.21. The Morgan fingerprint density at radius 2 is 1.71 bits per heavy atom. The summed E-state index contributed by atoms with van der Waals surface area (Å²) in [4.78, 5) is 26.1. The second kappa shape index (κ2) is 16.0. The number of hydrogen-bond acceptors (Lipinski definition) is 8. The Balaban J connectivity index is 1.29. The summed E-state index contributed by atoms with van der Waals surface area (Å²) in [7, 11) is 0. The third kappa shape index (κ3) is 8.68. The van der Waals surface area contributed by atoms with Gasteiger partial charge >= 0.3 is 12.0 Å². The van der Waals surface area contributed by atoms with E-state index in [0.29, 0.717) is 6.42 Å². The molecule has 10 heteroatoms. The summed E-state index contributed by atoms with van der Waals surface area (Å²) < 4.78 is 17.9. The molecule has 5 rings (SSSR count). The standard InChI is InChI=1S/C35H43N3O7/c1-2-43-33(41)20-37-35(42)36-19-28-6-3-4-8-31(28)25-13-15-27(16-14-25)34-44-30(21-38-17-5-7-29(38)23-40)18-32(45-34)26-11-9-24(22-39)10-12-26/h3-4,6,8-16,29-30,32,34,39-40H,2,5,7,17-23H2,1H3,(H2,36,37,42). The van der Waals surface area contributed by atoms with E-state index in [4.69, 9.17) is 14.2 Å². The number of hydrogen-bond donors (Lipinski definition) is 4. The average molecular weight is 618 g/mol. The van der Waals surface area contributed by atoms with Gasteiger partial charge in [-0.15, -0.1) is 0 Å². The molecule has 0 bridgehead atoms. The monoisotopic (exact) mass is 617 g/mol. The highest BCUT2D eigenvalue weighted by molar-refractivity contribution is 5.81. The van der Waals surface area contributed by atoms with Gasteiger partial charge in [-0.1, -0.05) is 72.8 Å². The van der Waals surface area contributed by atoms with E-state index in [9.17, 15) is 19.8 Å². The van der Waals surface area contributed by atoms with Crippen LogP contribution in [0.1, 0.15) is 60.8 Å². The molecule has 2 saturated heterocycles. The fourth-order valence-corrected chi connectivity index (χ4v) is 6.02. The van der Waals surface area contributed by atoms with Crippen LogP contribution < -0.4 is 10.6 Å². The minimum absolute atomic E-state index is 0.00804. The van der Waals surface area contributed by atoms with Gasteiger partial charge in [-0.25, -0.2) is 4.79 Å². The maximum Gasteiger partial charge on any atom is 0.325 e. The van der Waals surface area contributed by atoms with Crippen molar-refractivity contribution in [2.75, 3.05) is 32.8 Å². The number of likely N-dealkylation sites (tertiary alicyclic amines) is 1. The van der Waals surface area contributed by atoms with Crippen molar-refractivity contribution in [3.05, 3.63) is 95.1 Å². The molecule has 3 aromatic carbocycles. The van der Waals surface area contributed by atoms with Gasteiger partial charge in [0.05, 0.1) is 32.0 Å². The van der Waals surface area contributed by atoms with Crippen molar-refractivity contribution in [3.63, 3.8) is 0 Å². The minimum atomic E-state index is -0.574. The van der Waals surface area contributed by atoms with E-state index >= 15 is 0 Å². The molecule has 4 atom stereocenters. The maximum absolute atomic E-state index is 12.2.